The number of rotatable bonds is 16. The minimum Gasteiger partial charge on any atom is -0.494 e. The van der Waals surface area contributed by atoms with Gasteiger partial charge in [0.15, 0.2) is 0 Å². The Balaban J connectivity index is 1.33. The maximum Gasteiger partial charge on any atom is 0.307 e. The van der Waals surface area contributed by atoms with Gasteiger partial charge in [0, 0.05) is 30.1 Å². The molecule has 0 fully saturated rings. The standard InChI is InChI=1S/C35H39NO6/c1-3-27-10-6-9-25(2)35(27)42-22-5-4-21-41-30-18-15-26(16-19-30)14-17-28-11-7-12-31-34(28)29(23-33(39)40)24-36(31)20-8-13-32(37)38/h6-7,9-12,14-19,24H,3-5,8,13,20-23H2,1-2H3,(H,37,38)(H,39,40). The number of nitrogens with zero attached hydrogens (tertiary/aromatic N) is 1. The number of carboxylic acids is 2. The normalized spacial score (nSPS) is 11.3. The number of hydrogen-bond donors (Lipinski definition) is 2. The van der Waals surface area contributed by atoms with E-state index in [0.717, 1.165) is 52.8 Å². The molecule has 0 spiro atoms. The molecule has 2 N–H and O–H groups in total. The summed E-state index contributed by atoms with van der Waals surface area (Å²) < 4.78 is 13.9. The van der Waals surface area contributed by atoms with Gasteiger partial charge in [0.05, 0.1) is 19.6 Å². The number of ether oxygens (including phenoxy) is 2. The van der Waals surface area contributed by atoms with Crippen LogP contribution >= 0.6 is 0 Å². The quantitative estimate of drug-likeness (QED) is 0.108. The lowest BCUT2D eigenvalue weighted by Gasteiger charge is -2.13. The number of unbranched alkanes of at least 4 members (excludes halogenated alkanes) is 1. The molecule has 0 atom stereocenters. The van der Waals surface area contributed by atoms with Crippen LogP contribution < -0.4 is 9.47 Å². The van der Waals surface area contributed by atoms with E-state index < -0.39 is 11.9 Å². The second-order valence-corrected chi connectivity index (χ2v) is 10.4. The molecule has 0 aliphatic carbocycles. The van der Waals surface area contributed by atoms with Crippen molar-refractivity contribution >= 4 is 35.0 Å². The van der Waals surface area contributed by atoms with Crippen LogP contribution in [0.2, 0.25) is 0 Å². The van der Waals surface area contributed by atoms with Crippen LogP contribution in [0.4, 0.5) is 0 Å². The Morgan fingerprint density at radius 1 is 0.833 bits per heavy atom. The fourth-order valence-electron chi connectivity index (χ4n) is 5.12. The van der Waals surface area contributed by atoms with Crippen molar-refractivity contribution in [2.45, 2.75) is 58.9 Å². The van der Waals surface area contributed by atoms with Crippen LogP contribution in [0.5, 0.6) is 11.5 Å². The highest BCUT2D eigenvalue weighted by atomic mass is 16.5. The van der Waals surface area contributed by atoms with Gasteiger partial charge in [-0.2, -0.15) is 0 Å². The summed E-state index contributed by atoms with van der Waals surface area (Å²) in [5, 5.41) is 19.3. The monoisotopic (exact) mass is 569 g/mol. The molecule has 0 aliphatic heterocycles. The van der Waals surface area contributed by atoms with Gasteiger partial charge in [-0.3, -0.25) is 9.59 Å². The maximum atomic E-state index is 11.5. The molecule has 220 valence electrons. The van der Waals surface area contributed by atoms with Crippen molar-refractivity contribution in [3.63, 3.8) is 0 Å². The molecule has 7 nitrogen and oxygen atoms in total. The first-order valence-electron chi connectivity index (χ1n) is 14.5. The molecular formula is C35H39NO6. The van der Waals surface area contributed by atoms with Gasteiger partial charge in [-0.15, -0.1) is 0 Å². The van der Waals surface area contributed by atoms with E-state index in [0.29, 0.717) is 31.7 Å². The first-order valence-corrected chi connectivity index (χ1v) is 14.5. The second kappa shape index (κ2) is 14.9. The maximum absolute atomic E-state index is 11.5. The van der Waals surface area contributed by atoms with E-state index in [-0.39, 0.29) is 12.8 Å². The van der Waals surface area contributed by atoms with Gasteiger partial charge in [-0.05, 0) is 78.6 Å². The number of hydrogen-bond acceptors (Lipinski definition) is 4. The molecule has 0 amide bonds. The molecule has 3 aromatic carbocycles. The summed E-state index contributed by atoms with van der Waals surface area (Å²) in [5.41, 5.74) is 5.94. The average molecular weight is 570 g/mol. The fourth-order valence-corrected chi connectivity index (χ4v) is 5.12. The number of benzene rings is 3. The molecule has 0 bridgehead atoms. The van der Waals surface area contributed by atoms with Crippen molar-refractivity contribution in [2.75, 3.05) is 13.2 Å². The number of carbonyl (C=O) groups is 2. The zero-order valence-electron chi connectivity index (χ0n) is 24.3. The molecule has 1 aromatic heterocycles. The highest BCUT2D eigenvalue weighted by Gasteiger charge is 2.14. The van der Waals surface area contributed by atoms with Crippen LogP contribution in [0, 0.1) is 6.92 Å². The van der Waals surface area contributed by atoms with Gasteiger partial charge in [0.1, 0.15) is 11.5 Å². The first-order chi connectivity index (χ1) is 20.4. The third-order valence-corrected chi connectivity index (χ3v) is 7.21. The van der Waals surface area contributed by atoms with Crippen LogP contribution in [0.15, 0.2) is 66.9 Å². The second-order valence-electron chi connectivity index (χ2n) is 10.4. The molecule has 4 aromatic rings. The third kappa shape index (κ3) is 8.26. The van der Waals surface area contributed by atoms with Crippen molar-refractivity contribution in [1.82, 2.24) is 4.57 Å². The van der Waals surface area contributed by atoms with E-state index in [1.165, 1.54) is 11.1 Å². The average Bonchev–Trinajstić information content (AvgIpc) is 3.31. The van der Waals surface area contributed by atoms with Crippen molar-refractivity contribution < 1.29 is 29.3 Å². The Morgan fingerprint density at radius 3 is 2.29 bits per heavy atom. The predicted molar refractivity (Wildman–Crippen MR) is 166 cm³/mol. The van der Waals surface area contributed by atoms with E-state index >= 15 is 0 Å². The summed E-state index contributed by atoms with van der Waals surface area (Å²) >= 11 is 0. The van der Waals surface area contributed by atoms with Gasteiger partial charge in [0.25, 0.3) is 0 Å². The SMILES string of the molecule is CCc1cccc(C)c1OCCCCOc1ccc(C=Cc2cccc3c2c(CC(=O)O)cn3CCCC(=O)O)cc1. The van der Waals surface area contributed by atoms with E-state index in [4.69, 9.17) is 14.6 Å². The van der Waals surface area contributed by atoms with Crippen LogP contribution in [0.3, 0.4) is 0 Å². The smallest absolute Gasteiger partial charge is 0.307 e. The molecule has 7 heteroatoms. The molecule has 1 heterocycles. The third-order valence-electron chi connectivity index (χ3n) is 7.21. The van der Waals surface area contributed by atoms with Gasteiger partial charge < -0.3 is 24.3 Å². The largest absolute Gasteiger partial charge is 0.494 e. The van der Waals surface area contributed by atoms with Crippen LogP contribution in [-0.2, 0) is 29.0 Å². The van der Waals surface area contributed by atoms with Gasteiger partial charge in [0.2, 0.25) is 0 Å². The Kier molecular flexibility index (Phi) is 10.8. The zero-order valence-corrected chi connectivity index (χ0v) is 24.3. The molecule has 0 unspecified atom stereocenters. The number of carboxylic acid groups (broad SMARTS) is 2. The molecule has 0 saturated carbocycles. The zero-order chi connectivity index (χ0) is 29.9. The van der Waals surface area contributed by atoms with Crippen molar-refractivity contribution in [1.29, 1.82) is 0 Å². The molecule has 0 aliphatic rings. The molecule has 42 heavy (non-hydrogen) atoms. The lowest BCUT2D eigenvalue weighted by molar-refractivity contribution is -0.137. The Labute approximate surface area is 247 Å². The minimum absolute atomic E-state index is 0.0649. The number of fused-ring (bicyclic) bond motifs is 1. The summed E-state index contributed by atoms with van der Waals surface area (Å²) in [4.78, 5) is 22.5. The molecule has 0 saturated heterocycles. The lowest BCUT2D eigenvalue weighted by atomic mass is 10.0. The summed E-state index contributed by atoms with van der Waals surface area (Å²) in [6.07, 6.45) is 9.02. The van der Waals surface area contributed by atoms with Gasteiger partial charge in [-0.25, -0.2) is 0 Å². The Morgan fingerprint density at radius 2 is 1.57 bits per heavy atom. The van der Waals surface area contributed by atoms with Crippen LogP contribution in [0.1, 0.15) is 60.4 Å². The Bertz CT molecular complexity index is 1530. The predicted octanol–water partition coefficient (Wildman–Crippen LogP) is 7.41. The highest BCUT2D eigenvalue weighted by molar-refractivity contribution is 5.96. The number of aryl methyl sites for hydroxylation is 3. The summed E-state index contributed by atoms with van der Waals surface area (Å²) in [7, 11) is 0. The van der Waals surface area contributed by atoms with E-state index in [1.54, 1.807) is 0 Å². The minimum atomic E-state index is -0.904. The fraction of sp³-hybridized carbons (Fsp3) is 0.314. The number of aliphatic carboxylic acids is 2. The first kappa shape index (κ1) is 30.4. The van der Waals surface area contributed by atoms with Crippen LogP contribution in [-0.4, -0.2) is 39.9 Å². The van der Waals surface area contributed by atoms with E-state index in [1.807, 2.05) is 65.4 Å². The molecule has 0 radical (unpaired) electrons. The number of aromatic nitrogens is 1. The van der Waals surface area contributed by atoms with Crippen molar-refractivity contribution in [3.8, 4) is 11.5 Å². The number of para-hydroxylation sites is 1. The molecular weight excluding hydrogens is 530 g/mol. The van der Waals surface area contributed by atoms with Crippen molar-refractivity contribution in [2.24, 2.45) is 0 Å². The van der Waals surface area contributed by atoms with Gasteiger partial charge >= 0.3 is 11.9 Å². The van der Waals surface area contributed by atoms with Gasteiger partial charge in [-0.1, -0.05) is 61.5 Å². The van der Waals surface area contributed by atoms with E-state index in [9.17, 15) is 14.7 Å². The summed E-state index contributed by atoms with van der Waals surface area (Å²) in [6.45, 7) is 6.01. The topological polar surface area (TPSA) is 98.0 Å². The van der Waals surface area contributed by atoms with E-state index in [2.05, 4.69) is 32.0 Å². The van der Waals surface area contributed by atoms with Crippen molar-refractivity contribution in [3.05, 3.63) is 94.7 Å². The lowest BCUT2D eigenvalue weighted by Crippen LogP contribution is -2.04. The highest BCUT2D eigenvalue weighted by Crippen LogP contribution is 2.28. The summed E-state index contributed by atoms with van der Waals surface area (Å²) in [5.74, 6) is 0.0707. The summed E-state index contributed by atoms with van der Waals surface area (Å²) in [6, 6.07) is 20.0. The van der Waals surface area contributed by atoms with Crippen LogP contribution in [0.25, 0.3) is 23.1 Å². The molecule has 4 rings (SSSR count). The Hall–Kier alpha value is -4.52.